The number of benzene rings is 1. The van der Waals surface area contributed by atoms with E-state index in [2.05, 4.69) is 54.7 Å². The lowest BCUT2D eigenvalue weighted by molar-refractivity contribution is 0.798. The molecule has 1 heterocycles. The molecule has 0 atom stereocenters. The Labute approximate surface area is 113 Å². The highest BCUT2D eigenvalue weighted by atomic mass is 32.1. The van der Waals surface area contributed by atoms with E-state index in [0.717, 1.165) is 17.2 Å². The fraction of sp³-hybridized carbons (Fsp3) is 0.400. The van der Waals surface area contributed by atoms with Crippen molar-refractivity contribution in [3.63, 3.8) is 0 Å². The number of hydrogen-bond donors (Lipinski definition) is 1. The summed E-state index contributed by atoms with van der Waals surface area (Å²) < 4.78 is 0. The second-order valence-corrected chi connectivity index (χ2v) is 5.76. The van der Waals surface area contributed by atoms with E-state index in [9.17, 15) is 0 Å². The highest BCUT2D eigenvalue weighted by molar-refractivity contribution is 7.13. The van der Waals surface area contributed by atoms with Gasteiger partial charge >= 0.3 is 0 Å². The van der Waals surface area contributed by atoms with Gasteiger partial charge in [-0.05, 0) is 37.1 Å². The van der Waals surface area contributed by atoms with Gasteiger partial charge in [0, 0.05) is 17.5 Å². The SMILES string of the molecule is CNCc1csc(-c2cc(C(C)C)ccc2C)n1. The van der Waals surface area contributed by atoms with Crippen LogP contribution in [0.4, 0.5) is 0 Å². The van der Waals surface area contributed by atoms with Gasteiger partial charge in [0.25, 0.3) is 0 Å². The van der Waals surface area contributed by atoms with Crippen LogP contribution in [0.2, 0.25) is 0 Å². The predicted molar refractivity (Wildman–Crippen MR) is 79.1 cm³/mol. The first-order chi connectivity index (χ1) is 8.61. The molecule has 2 rings (SSSR count). The summed E-state index contributed by atoms with van der Waals surface area (Å²) in [6.07, 6.45) is 0. The van der Waals surface area contributed by atoms with Crippen molar-refractivity contribution in [1.29, 1.82) is 0 Å². The monoisotopic (exact) mass is 260 g/mol. The smallest absolute Gasteiger partial charge is 0.123 e. The molecule has 3 heteroatoms. The average molecular weight is 260 g/mol. The van der Waals surface area contributed by atoms with Crippen LogP contribution in [-0.4, -0.2) is 12.0 Å². The van der Waals surface area contributed by atoms with Crippen LogP contribution < -0.4 is 5.32 Å². The van der Waals surface area contributed by atoms with E-state index in [4.69, 9.17) is 0 Å². The van der Waals surface area contributed by atoms with E-state index in [1.807, 2.05) is 7.05 Å². The number of aromatic nitrogens is 1. The molecule has 2 nitrogen and oxygen atoms in total. The zero-order valence-corrected chi connectivity index (χ0v) is 12.3. The zero-order valence-electron chi connectivity index (χ0n) is 11.4. The Morgan fingerprint density at radius 2 is 2.11 bits per heavy atom. The molecule has 96 valence electrons. The van der Waals surface area contributed by atoms with Crippen molar-refractivity contribution >= 4 is 11.3 Å². The molecule has 0 bridgehead atoms. The molecule has 2 aromatic rings. The van der Waals surface area contributed by atoms with Gasteiger partial charge in [0.05, 0.1) is 5.69 Å². The molecule has 0 aliphatic carbocycles. The largest absolute Gasteiger partial charge is 0.314 e. The molecule has 0 aliphatic heterocycles. The Balaban J connectivity index is 2.38. The molecule has 18 heavy (non-hydrogen) atoms. The maximum Gasteiger partial charge on any atom is 0.123 e. The van der Waals surface area contributed by atoms with Gasteiger partial charge in [0.1, 0.15) is 5.01 Å². The third-order valence-corrected chi connectivity index (χ3v) is 3.99. The molecule has 0 unspecified atom stereocenters. The van der Waals surface area contributed by atoms with Crippen molar-refractivity contribution in [2.75, 3.05) is 7.05 Å². The average Bonchev–Trinajstić information content (AvgIpc) is 2.78. The molecule has 0 spiro atoms. The summed E-state index contributed by atoms with van der Waals surface area (Å²) >= 11 is 1.73. The Morgan fingerprint density at radius 3 is 2.78 bits per heavy atom. The number of nitrogens with one attached hydrogen (secondary N) is 1. The first-order valence-corrected chi connectivity index (χ1v) is 7.19. The summed E-state index contributed by atoms with van der Waals surface area (Å²) in [6, 6.07) is 6.69. The lowest BCUT2D eigenvalue weighted by Crippen LogP contribution is -2.04. The molecule has 0 radical (unpaired) electrons. The van der Waals surface area contributed by atoms with Gasteiger partial charge < -0.3 is 5.32 Å². The Morgan fingerprint density at radius 1 is 1.33 bits per heavy atom. The van der Waals surface area contributed by atoms with Crippen molar-refractivity contribution in [3.05, 3.63) is 40.4 Å². The molecule has 0 fully saturated rings. The van der Waals surface area contributed by atoms with E-state index in [0.29, 0.717) is 5.92 Å². The predicted octanol–water partition coefficient (Wildman–Crippen LogP) is 3.96. The topological polar surface area (TPSA) is 24.9 Å². The molecular formula is C15H20N2S. The van der Waals surface area contributed by atoms with Gasteiger partial charge in [-0.3, -0.25) is 0 Å². The van der Waals surface area contributed by atoms with Crippen LogP contribution in [0.5, 0.6) is 0 Å². The van der Waals surface area contributed by atoms with Gasteiger partial charge in [0.15, 0.2) is 0 Å². The number of hydrogen-bond acceptors (Lipinski definition) is 3. The normalized spacial score (nSPS) is 11.2. The summed E-state index contributed by atoms with van der Waals surface area (Å²) in [7, 11) is 1.95. The molecule has 0 saturated carbocycles. The molecule has 1 aromatic carbocycles. The van der Waals surface area contributed by atoms with E-state index in [-0.39, 0.29) is 0 Å². The molecule has 1 N–H and O–H groups in total. The Kier molecular flexibility index (Phi) is 4.15. The molecule has 0 amide bonds. The Hall–Kier alpha value is -1.19. The minimum absolute atomic E-state index is 0.557. The Bertz CT molecular complexity index is 529. The second-order valence-electron chi connectivity index (χ2n) is 4.90. The highest BCUT2D eigenvalue weighted by Crippen LogP contribution is 2.29. The summed E-state index contributed by atoms with van der Waals surface area (Å²) in [6.45, 7) is 7.43. The van der Waals surface area contributed by atoms with Crippen molar-refractivity contribution in [3.8, 4) is 10.6 Å². The highest BCUT2D eigenvalue weighted by Gasteiger charge is 2.09. The zero-order chi connectivity index (χ0) is 13.1. The van der Waals surface area contributed by atoms with E-state index in [1.165, 1.54) is 16.7 Å². The molecule has 0 saturated heterocycles. The van der Waals surface area contributed by atoms with Crippen LogP contribution in [0, 0.1) is 6.92 Å². The lowest BCUT2D eigenvalue weighted by Gasteiger charge is -2.09. The van der Waals surface area contributed by atoms with Crippen molar-refractivity contribution < 1.29 is 0 Å². The van der Waals surface area contributed by atoms with Crippen LogP contribution in [0.25, 0.3) is 10.6 Å². The summed E-state index contributed by atoms with van der Waals surface area (Å²) in [5.74, 6) is 0.557. The fourth-order valence-electron chi connectivity index (χ4n) is 1.92. The van der Waals surface area contributed by atoms with E-state index in [1.54, 1.807) is 11.3 Å². The number of thiazole rings is 1. The van der Waals surface area contributed by atoms with Crippen LogP contribution in [0.15, 0.2) is 23.6 Å². The third kappa shape index (κ3) is 2.79. The molecule has 0 aliphatic rings. The third-order valence-electron chi connectivity index (χ3n) is 3.07. The first kappa shape index (κ1) is 13.2. The minimum atomic E-state index is 0.557. The maximum absolute atomic E-state index is 4.69. The van der Waals surface area contributed by atoms with Crippen molar-refractivity contribution in [2.45, 2.75) is 33.2 Å². The van der Waals surface area contributed by atoms with Crippen molar-refractivity contribution in [1.82, 2.24) is 10.3 Å². The molecule has 1 aromatic heterocycles. The van der Waals surface area contributed by atoms with Crippen molar-refractivity contribution in [2.24, 2.45) is 0 Å². The van der Waals surface area contributed by atoms with E-state index < -0.39 is 0 Å². The van der Waals surface area contributed by atoms with Crippen LogP contribution in [0.3, 0.4) is 0 Å². The number of aryl methyl sites for hydroxylation is 1. The van der Waals surface area contributed by atoms with Gasteiger partial charge in [-0.1, -0.05) is 26.0 Å². The fourth-order valence-corrected chi connectivity index (χ4v) is 2.82. The maximum atomic E-state index is 4.69. The quantitative estimate of drug-likeness (QED) is 0.900. The summed E-state index contributed by atoms with van der Waals surface area (Å²) in [4.78, 5) is 4.69. The number of nitrogens with zero attached hydrogens (tertiary/aromatic N) is 1. The van der Waals surface area contributed by atoms with E-state index >= 15 is 0 Å². The van der Waals surface area contributed by atoms with Gasteiger partial charge in [-0.15, -0.1) is 11.3 Å². The van der Waals surface area contributed by atoms with Crippen LogP contribution >= 0.6 is 11.3 Å². The minimum Gasteiger partial charge on any atom is -0.314 e. The second kappa shape index (κ2) is 5.63. The summed E-state index contributed by atoms with van der Waals surface area (Å²) in [5.41, 5.74) is 5.06. The standard InChI is InChI=1S/C15H20N2S/c1-10(2)12-6-5-11(3)14(7-12)15-17-13(8-16-4)9-18-15/h5-7,9-10,16H,8H2,1-4H3. The van der Waals surface area contributed by atoms with Gasteiger partial charge in [0.2, 0.25) is 0 Å². The summed E-state index contributed by atoms with van der Waals surface area (Å²) in [5, 5.41) is 6.39. The van der Waals surface area contributed by atoms with Gasteiger partial charge in [-0.2, -0.15) is 0 Å². The molecular weight excluding hydrogens is 240 g/mol. The number of rotatable bonds is 4. The van der Waals surface area contributed by atoms with Crippen LogP contribution in [0.1, 0.15) is 36.6 Å². The van der Waals surface area contributed by atoms with Gasteiger partial charge in [-0.25, -0.2) is 4.98 Å². The van der Waals surface area contributed by atoms with Crippen LogP contribution in [-0.2, 0) is 6.54 Å². The lowest BCUT2D eigenvalue weighted by atomic mass is 9.98. The first-order valence-electron chi connectivity index (χ1n) is 6.31.